The lowest BCUT2D eigenvalue weighted by molar-refractivity contribution is -0.135. The van der Waals surface area contributed by atoms with E-state index in [-0.39, 0.29) is 16.6 Å². The van der Waals surface area contributed by atoms with E-state index in [1.807, 2.05) is 11.4 Å². The average molecular weight is 302 g/mol. The molecule has 2 rings (SSSR count). The van der Waals surface area contributed by atoms with Gasteiger partial charge in [-0.15, -0.1) is 0 Å². The van der Waals surface area contributed by atoms with Crippen molar-refractivity contribution in [1.29, 1.82) is 5.26 Å². The van der Waals surface area contributed by atoms with Gasteiger partial charge in [-0.3, -0.25) is 14.4 Å². The van der Waals surface area contributed by atoms with Crippen LogP contribution in [0.15, 0.2) is 17.1 Å². The van der Waals surface area contributed by atoms with Crippen LogP contribution in [0.3, 0.4) is 0 Å². The number of carbonyl (C=O) groups excluding carboxylic acids is 1. The molecule has 0 bridgehead atoms. The number of carbonyl (C=O) groups is 2. The normalized spacial score (nSPS) is 10.2. The topological polar surface area (TPSA) is 145 Å². The smallest absolute Gasteiger partial charge is 0.322 e. The second-order valence-electron chi connectivity index (χ2n) is 4.37. The van der Waals surface area contributed by atoms with Crippen LogP contribution in [0, 0.1) is 11.3 Å². The van der Waals surface area contributed by atoms with Crippen LogP contribution in [0.4, 0.5) is 0 Å². The Bertz CT molecular complexity index is 894. The summed E-state index contributed by atoms with van der Waals surface area (Å²) in [4.78, 5) is 38.4. The van der Waals surface area contributed by atoms with Crippen molar-refractivity contribution in [2.24, 2.45) is 7.05 Å². The van der Waals surface area contributed by atoms with E-state index in [4.69, 9.17) is 10.4 Å². The number of nitrogens with one attached hydrogen (secondary N) is 1. The first-order valence-corrected chi connectivity index (χ1v) is 5.98. The van der Waals surface area contributed by atoms with Gasteiger partial charge < -0.3 is 20.1 Å². The van der Waals surface area contributed by atoms with E-state index in [0.29, 0.717) is 0 Å². The van der Waals surface area contributed by atoms with Gasteiger partial charge in [0, 0.05) is 13.2 Å². The summed E-state index contributed by atoms with van der Waals surface area (Å²) in [5.41, 5.74) is -1.11. The third-order valence-electron chi connectivity index (χ3n) is 2.96. The van der Waals surface area contributed by atoms with Crippen molar-refractivity contribution >= 4 is 22.9 Å². The number of pyridine rings is 2. The summed E-state index contributed by atoms with van der Waals surface area (Å²) in [6, 6.07) is 3.20. The number of carboxylic acid groups (broad SMARTS) is 1. The van der Waals surface area contributed by atoms with Crippen molar-refractivity contribution in [3.63, 3.8) is 0 Å². The number of nitriles is 1. The molecule has 3 N–H and O–H groups in total. The van der Waals surface area contributed by atoms with Crippen LogP contribution >= 0.6 is 0 Å². The summed E-state index contributed by atoms with van der Waals surface area (Å²) in [7, 11) is 1.35. The minimum absolute atomic E-state index is 0.0402. The number of hydrogen-bond donors (Lipinski definition) is 3. The molecule has 22 heavy (non-hydrogen) atoms. The molecule has 0 saturated heterocycles. The maximum Gasteiger partial charge on any atom is 0.322 e. The standard InChI is InChI=1S/C13H10N4O5/c1-17-7-2-6(3-14)4-15-10(7)11(20)9(13(17)22)12(21)16-5-8(18)19/h2,4,20H,5H2,1H3,(H,16,21)(H,18,19). The van der Waals surface area contributed by atoms with Crippen LogP contribution in [-0.2, 0) is 11.8 Å². The number of nitrogens with zero attached hydrogens (tertiary/aromatic N) is 3. The first-order valence-electron chi connectivity index (χ1n) is 5.98. The molecule has 0 unspecified atom stereocenters. The minimum Gasteiger partial charge on any atom is -0.505 e. The molecule has 0 saturated carbocycles. The van der Waals surface area contributed by atoms with Gasteiger partial charge in [0.1, 0.15) is 23.7 Å². The number of aromatic hydroxyl groups is 1. The number of carboxylic acids is 1. The summed E-state index contributed by atoms with van der Waals surface area (Å²) < 4.78 is 1.05. The molecule has 0 aliphatic carbocycles. The highest BCUT2D eigenvalue weighted by atomic mass is 16.4. The zero-order valence-electron chi connectivity index (χ0n) is 11.3. The zero-order chi connectivity index (χ0) is 16.4. The first-order chi connectivity index (χ1) is 10.4. The van der Waals surface area contributed by atoms with Crippen LogP contribution < -0.4 is 10.9 Å². The summed E-state index contributed by atoms with van der Waals surface area (Å²) in [6.45, 7) is -0.694. The van der Waals surface area contributed by atoms with Gasteiger partial charge in [-0.1, -0.05) is 0 Å². The highest BCUT2D eigenvalue weighted by molar-refractivity contribution is 6.02. The number of aliphatic carboxylic acids is 1. The van der Waals surface area contributed by atoms with E-state index in [9.17, 15) is 19.5 Å². The van der Waals surface area contributed by atoms with Gasteiger partial charge in [0.15, 0.2) is 5.75 Å². The quantitative estimate of drug-likeness (QED) is 0.681. The molecule has 0 spiro atoms. The highest BCUT2D eigenvalue weighted by Crippen LogP contribution is 2.24. The first kappa shape index (κ1) is 15.0. The molecule has 0 atom stereocenters. The highest BCUT2D eigenvalue weighted by Gasteiger charge is 2.22. The van der Waals surface area contributed by atoms with E-state index in [2.05, 4.69) is 4.98 Å². The molecule has 0 radical (unpaired) electrons. The van der Waals surface area contributed by atoms with Crippen molar-refractivity contribution in [2.45, 2.75) is 0 Å². The minimum atomic E-state index is -1.29. The van der Waals surface area contributed by atoms with Crippen LogP contribution in [0.25, 0.3) is 11.0 Å². The number of hydrogen-bond acceptors (Lipinski definition) is 6. The van der Waals surface area contributed by atoms with Gasteiger partial charge in [0.25, 0.3) is 11.5 Å². The molecular formula is C13H10N4O5. The largest absolute Gasteiger partial charge is 0.505 e. The Labute approximate surface area is 123 Å². The Kier molecular flexibility index (Phi) is 3.77. The molecule has 0 aromatic carbocycles. The summed E-state index contributed by atoms with van der Waals surface area (Å²) >= 11 is 0. The Morgan fingerprint density at radius 1 is 1.50 bits per heavy atom. The van der Waals surface area contributed by atoms with Gasteiger partial charge in [0.2, 0.25) is 0 Å². The van der Waals surface area contributed by atoms with Crippen molar-refractivity contribution in [3.05, 3.63) is 33.7 Å². The monoisotopic (exact) mass is 302 g/mol. The van der Waals surface area contributed by atoms with Crippen molar-refractivity contribution in [2.75, 3.05) is 6.54 Å². The molecule has 9 nitrogen and oxygen atoms in total. The third kappa shape index (κ3) is 2.45. The van der Waals surface area contributed by atoms with Gasteiger partial charge in [-0.05, 0) is 6.07 Å². The molecule has 0 aliphatic rings. The second-order valence-corrected chi connectivity index (χ2v) is 4.37. The maximum absolute atomic E-state index is 12.2. The lowest BCUT2D eigenvalue weighted by Gasteiger charge is -2.10. The second kappa shape index (κ2) is 5.53. The average Bonchev–Trinajstić information content (AvgIpc) is 2.50. The molecular weight excluding hydrogens is 292 g/mol. The number of fused-ring (bicyclic) bond motifs is 1. The number of amides is 1. The van der Waals surface area contributed by atoms with E-state index in [1.165, 1.54) is 19.3 Å². The lowest BCUT2D eigenvalue weighted by Crippen LogP contribution is -2.35. The summed E-state index contributed by atoms with van der Waals surface area (Å²) in [5, 5.41) is 29.4. The van der Waals surface area contributed by atoms with Crippen LogP contribution in [0.2, 0.25) is 0 Å². The Morgan fingerprint density at radius 2 is 2.18 bits per heavy atom. The molecule has 2 aromatic heterocycles. The maximum atomic E-state index is 12.2. The fourth-order valence-electron chi connectivity index (χ4n) is 1.90. The van der Waals surface area contributed by atoms with Gasteiger partial charge in [-0.25, -0.2) is 4.98 Å². The van der Waals surface area contributed by atoms with E-state index < -0.39 is 35.3 Å². The van der Waals surface area contributed by atoms with E-state index >= 15 is 0 Å². The Balaban J connectivity index is 2.67. The Hall–Kier alpha value is -3.41. The van der Waals surface area contributed by atoms with E-state index in [0.717, 1.165) is 4.57 Å². The summed E-state index contributed by atoms with van der Waals surface area (Å²) in [6.07, 6.45) is 1.19. The predicted molar refractivity (Wildman–Crippen MR) is 73.3 cm³/mol. The fraction of sp³-hybridized carbons (Fsp3) is 0.154. The van der Waals surface area contributed by atoms with Crippen LogP contribution in [0.1, 0.15) is 15.9 Å². The fourth-order valence-corrected chi connectivity index (χ4v) is 1.90. The summed E-state index contributed by atoms with van der Waals surface area (Å²) in [5.74, 6) is -2.97. The SMILES string of the molecule is Cn1c(=O)c(C(=O)NCC(=O)O)c(O)c2ncc(C#N)cc21. The molecule has 2 aromatic rings. The molecule has 112 valence electrons. The molecule has 1 amide bonds. The molecule has 2 heterocycles. The lowest BCUT2D eigenvalue weighted by atomic mass is 10.1. The number of rotatable bonds is 3. The van der Waals surface area contributed by atoms with Crippen LogP contribution in [0.5, 0.6) is 5.75 Å². The number of aryl methyl sites for hydroxylation is 1. The zero-order valence-corrected chi connectivity index (χ0v) is 11.3. The van der Waals surface area contributed by atoms with Gasteiger partial charge in [-0.2, -0.15) is 5.26 Å². The van der Waals surface area contributed by atoms with Crippen molar-refractivity contribution in [1.82, 2.24) is 14.9 Å². The van der Waals surface area contributed by atoms with Crippen molar-refractivity contribution < 1.29 is 19.8 Å². The van der Waals surface area contributed by atoms with Gasteiger partial charge >= 0.3 is 5.97 Å². The Morgan fingerprint density at radius 3 is 2.77 bits per heavy atom. The van der Waals surface area contributed by atoms with Crippen molar-refractivity contribution in [3.8, 4) is 11.8 Å². The molecule has 0 aliphatic heterocycles. The third-order valence-corrected chi connectivity index (χ3v) is 2.96. The molecule has 0 fully saturated rings. The number of aromatic nitrogens is 2. The van der Waals surface area contributed by atoms with E-state index in [1.54, 1.807) is 0 Å². The van der Waals surface area contributed by atoms with Crippen LogP contribution in [-0.4, -0.2) is 38.2 Å². The van der Waals surface area contributed by atoms with Gasteiger partial charge in [0.05, 0.1) is 11.1 Å². The molecule has 9 heteroatoms. The predicted octanol–water partition coefficient (Wildman–Crippen LogP) is -0.675.